The fourth-order valence-corrected chi connectivity index (χ4v) is 4.67. The monoisotopic (exact) mass is 458 g/mol. The number of aliphatic hydroxyl groups is 3. The van der Waals surface area contributed by atoms with E-state index < -0.39 is 24.4 Å². The number of hydrogen-bond acceptors (Lipinski definition) is 5. The summed E-state index contributed by atoms with van der Waals surface area (Å²) in [5.74, 6) is 1.24. The molecule has 1 aliphatic carbocycles. The van der Waals surface area contributed by atoms with Gasteiger partial charge in [-0.2, -0.15) is 0 Å². The SMILES string of the molecule is CC(C)Oc1ccc(Cc2cc([C@@H]3OC(=C4CCCC4)[C@@H](O)[C@H](O)[C@H]3O)ccc2Cl)cc1. The molecule has 2 aromatic rings. The largest absolute Gasteiger partial charge is 0.491 e. The lowest BCUT2D eigenvalue weighted by atomic mass is 9.90. The normalized spacial score (nSPS) is 25.8. The molecule has 2 aliphatic rings. The van der Waals surface area contributed by atoms with Gasteiger partial charge < -0.3 is 24.8 Å². The molecule has 0 radical (unpaired) electrons. The van der Waals surface area contributed by atoms with Gasteiger partial charge in [0.1, 0.15) is 29.8 Å². The Morgan fingerprint density at radius 3 is 2.34 bits per heavy atom. The van der Waals surface area contributed by atoms with E-state index in [1.807, 2.05) is 44.2 Å². The van der Waals surface area contributed by atoms with Crippen molar-refractivity contribution in [3.63, 3.8) is 0 Å². The van der Waals surface area contributed by atoms with Crippen LogP contribution in [0.4, 0.5) is 0 Å². The fourth-order valence-electron chi connectivity index (χ4n) is 4.49. The molecule has 0 amide bonds. The van der Waals surface area contributed by atoms with Crippen LogP contribution in [0.1, 0.15) is 62.3 Å². The predicted octanol–water partition coefficient (Wildman–Crippen LogP) is 4.70. The van der Waals surface area contributed by atoms with Crippen molar-refractivity contribution in [2.75, 3.05) is 0 Å². The van der Waals surface area contributed by atoms with E-state index in [-0.39, 0.29) is 6.10 Å². The van der Waals surface area contributed by atoms with Crippen LogP contribution in [0, 0.1) is 0 Å². The summed E-state index contributed by atoms with van der Waals surface area (Å²) in [4.78, 5) is 0. The molecule has 4 atom stereocenters. The minimum atomic E-state index is -1.30. The maximum Gasteiger partial charge on any atom is 0.152 e. The minimum Gasteiger partial charge on any atom is -0.491 e. The van der Waals surface area contributed by atoms with Crippen molar-refractivity contribution in [3.05, 3.63) is 75.5 Å². The zero-order valence-corrected chi connectivity index (χ0v) is 19.3. The van der Waals surface area contributed by atoms with Gasteiger partial charge in [0.25, 0.3) is 0 Å². The second-order valence-electron chi connectivity index (χ2n) is 8.98. The molecule has 1 saturated heterocycles. The lowest BCUT2D eigenvalue weighted by Crippen LogP contribution is -2.48. The number of halogens is 1. The first kappa shape index (κ1) is 23.1. The van der Waals surface area contributed by atoms with Gasteiger partial charge in [-0.3, -0.25) is 0 Å². The zero-order chi connectivity index (χ0) is 22.8. The number of aliphatic hydroxyl groups excluding tert-OH is 3. The summed E-state index contributed by atoms with van der Waals surface area (Å²) in [7, 11) is 0. The minimum absolute atomic E-state index is 0.117. The highest BCUT2D eigenvalue weighted by Crippen LogP contribution is 2.40. The average molecular weight is 459 g/mol. The van der Waals surface area contributed by atoms with E-state index in [4.69, 9.17) is 21.1 Å². The van der Waals surface area contributed by atoms with Crippen LogP contribution in [0.15, 0.2) is 53.8 Å². The molecule has 5 nitrogen and oxygen atoms in total. The van der Waals surface area contributed by atoms with Gasteiger partial charge >= 0.3 is 0 Å². The molecule has 172 valence electrons. The van der Waals surface area contributed by atoms with E-state index in [0.717, 1.165) is 53.7 Å². The average Bonchev–Trinajstić information content (AvgIpc) is 3.30. The van der Waals surface area contributed by atoms with Crippen molar-refractivity contribution < 1.29 is 24.8 Å². The van der Waals surface area contributed by atoms with Crippen LogP contribution in [0.2, 0.25) is 5.02 Å². The maximum atomic E-state index is 10.7. The van der Waals surface area contributed by atoms with Crippen LogP contribution in [-0.2, 0) is 11.2 Å². The summed E-state index contributed by atoms with van der Waals surface area (Å²) >= 11 is 6.48. The van der Waals surface area contributed by atoms with Gasteiger partial charge in [0.15, 0.2) is 6.10 Å². The highest BCUT2D eigenvalue weighted by atomic mass is 35.5. The molecule has 2 fully saturated rings. The Bertz CT molecular complexity index is 961. The summed E-state index contributed by atoms with van der Waals surface area (Å²) in [5, 5.41) is 32.3. The third-order valence-electron chi connectivity index (χ3n) is 6.15. The lowest BCUT2D eigenvalue weighted by Gasteiger charge is -2.38. The highest BCUT2D eigenvalue weighted by molar-refractivity contribution is 6.31. The number of allylic oxidation sites excluding steroid dienone is 1. The van der Waals surface area contributed by atoms with Gasteiger partial charge in [-0.05, 0) is 86.4 Å². The van der Waals surface area contributed by atoms with Crippen LogP contribution in [-0.4, -0.2) is 39.7 Å². The molecule has 3 N–H and O–H groups in total. The van der Waals surface area contributed by atoms with E-state index >= 15 is 0 Å². The second kappa shape index (κ2) is 9.84. The summed E-state index contributed by atoms with van der Waals surface area (Å²) in [5.41, 5.74) is 3.73. The number of benzene rings is 2. The van der Waals surface area contributed by atoms with Crippen molar-refractivity contribution in [2.24, 2.45) is 0 Å². The number of rotatable bonds is 5. The van der Waals surface area contributed by atoms with Crippen molar-refractivity contribution in [1.82, 2.24) is 0 Å². The highest BCUT2D eigenvalue weighted by Gasteiger charge is 2.43. The van der Waals surface area contributed by atoms with E-state index in [0.29, 0.717) is 17.2 Å². The Balaban J connectivity index is 1.58. The Morgan fingerprint density at radius 2 is 1.69 bits per heavy atom. The molecule has 1 heterocycles. The third kappa shape index (κ3) is 4.96. The van der Waals surface area contributed by atoms with Crippen molar-refractivity contribution in [3.8, 4) is 5.75 Å². The summed E-state index contributed by atoms with van der Waals surface area (Å²) in [6.07, 6.45) is 0.00967. The fraction of sp³-hybridized carbons (Fsp3) is 0.462. The van der Waals surface area contributed by atoms with Gasteiger partial charge in [-0.15, -0.1) is 0 Å². The predicted molar refractivity (Wildman–Crippen MR) is 124 cm³/mol. The first-order valence-corrected chi connectivity index (χ1v) is 11.7. The molecule has 0 aromatic heterocycles. The first-order valence-electron chi connectivity index (χ1n) is 11.3. The van der Waals surface area contributed by atoms with Crippen molar-refractivity contribution in [1.29, 1.82) is 0 Å². The van der Waals surface area contributed by atoms with Gasteiger partial charge in [0.2, 0.25) is 0 Å². The van der Waals surface area contributed by atoms with Crippen LogP contribution >= 0.6 is 11.6 Å². The van der Waals surface area contributed by atoms with Gasteiger partial charge in [0, 0.05) is 5.02 Å². The summed E-state index contributed by atoms with van der Waals surface area (Å²) in [6.45, 7) is 3.98. The molecule has 1 saturated carbocycles. The second-order valence-corrected chi connectivity index (χ2v) is 9.38. The molecule has 32 heavy (non-hydrogen) atoms. The van der Waals surface area contributed by atoms with Gasteiger partial charge in [-0.1, -0.05) is 35.9 Å². The number of ether oxygens (including phenoxy) is 2. The third-order valence-corrected chi connectivity index (χ3v) is 6.52. The molecular weight excluding hydrogens is 428 g/mol. The quantitative estimate of drug-likeness (QED) is 0.605. The van der Waals surface area contributed by atoms with Crippen molar-refractivity contribution in [2.45, 2.75) is 76.5 Å². The van der Waals surface area contributed by atoms with E-state index in [9.17, 15) is 15.3 Å². The van der Waals surface area contributed by atoms with Crippen LogP contribution in [0.25, 0.3) is 0 Å². The van der Waals surface area contributed by atoms with Crippen molar-refractivity contribution >= 4 is 11.6 Å². The Kier molecular flexibility index (Phi) is 7.11. The number of hydrogen-bond donors (Lipinski definition) is 3. The maximum absolute atomic E-state index is 10.7. The van der Waals surface area contributed by atoms with E-state index in [1.165, 1.54) is 0 Å². The Labute approximate surface area is 194 Å². The topological polar surface area (TPSA) is 79.2 Å². The summed E-state index contributed by atoms with van der Waals surface area (Å²) in [6, 6.07) is 13.4. The van der Waals surface area contributed by atoms with E-state index in [1.54, 1.807) is 12.1 Å². The molecule has 0 spiro atoms. The smallest absolute Gasteiger partial charge is 0.152 e. The molecule has 4 rings (SSSR count). The van der Waals surface area contributed by atoms with Gasteiger partial charge in [0.05, 0.1) is 6.10 Å². The van der Waals surface area contributed by atoms with Crippen LogP contribution < -0.4 is 4.74 Å². The van der Waals surface area contributed by atoms with Crippen LogP contribution in [0.5, 0.6) is 5.75 Å². The molecule has 0 bridgehead atoms. The molecular formula is C26H31ClO5. The summed E-state index contributed by atoms with van der Waals surface area (Å²) < 4.78 is 11.8. The molecule has 2 aromatic carbocycles. The van der Waals surface area contributed by atoms with Crippen LogP contribution in [0.3, 0.4) is 0 Å². The molecule has 6 heteroatoms. The zero-order valence-electron chi connectivity index (χ0n) is 18.5. The van der Waals surface area contributed by atoms with E-state index in [2.05, 4.69) is 0 Å². The standard InChI is InChI=1S/C26H31ClO5/c1-15(2)31-20-10-7-16(8-11-20)13-19-14-18(9-12-21(19)27)26-24(30)22(28)23(29)25(32-26)17-5-3-4-6-17/h7-12,14-15,22-24,26,28-30H,3-6,13H2,1-2H3/t22-,23-,24+,26-/m0/s1. The Morgan fingerprint density at radius 1 is 1.00 bits per heavy atom. The molecule has 1 aliphatic heterocycles. The molecule has 0 unspecified atom stereocenters. The first-order chi connectivity index (χ1) is 15.3. The Hall–Kier alpha value is -2.05. The lowest BCUT2D eigenvalue weighted by molar-refractivity contribution is -0.158. The van der Waals surface area contributed by atoms with Gasteiger partial charge in [-0.25, -0.2) is 0 Å².